The third-order valence-electron chi connectivity index (χ3n) is 2.16. The van der Waals surface area contributed by atoms with Gasteiger partial charge in [0.1, 0.15) is 0 Å². The van der Waals surface area contributed by atoms with E-state index in [1.54, 1.807) is 6.20 Å². The Bertz CT molecular complexity index is 307. The van der Waals surface area contributed by atoms with Gasteiger partial charge in [-0.1, -0.05) is 13.8 Å². The van der Waals surface area contributed by atoms with E-state index in [0.717, 1.165) is 18.5 Å². The van der Waals surface area contributed by atoms with Crippen molar-refractivity contribution in [3.05, 3.63) is 18.0 Å². The molecule has 4 heteroatoms. The van der Waals surface area contributed by atoms with E-state index in [1.807, 2.05) is 17.8 Å². The third kappa shape index (κ3) is 2.87. The van der Waals surface area contributed by atoms with Gasteiger partial charge in [-0.15, -0.1) is 0 Å². The fourth-order valence-corrected chi connectivity index (χ4v) is 1.37. The topological polar surface area (TPSA) is 55.1 Å². The smallest absolute Gasteiger partial charge is 0.303 e. The molecule has 1 unspecified atom stereocenters. The molecule has 4 nitrogen and oxygen atoms in total. The van der Waals surface area contributed by atoms with Gasteiger partial charge in [0.15, 0.2) is 0 Å². The highest BCUT2D eigenvalue weighted by Crippen LogP contribution is 2.17. The summed E-state index contributed by atoms with van der Waals surface area (Å²) in [7, 11) is 0. The van der Waals surface area contributed by atoms with Crippen molar-refractivity contribution < 1.29 is 9.90 Å². The molecule has 1 aromatic rings. The number of aromatic nitrogens is 2. The largest absolute Gasteiger partial charge is 0.481 e. The quantitative estimate of drug-likeness (QED) is 0.782. The average Bonchev–Trinajstić information content (AvgIpc) is 2.52. The van der Waals surface area contributed by atoms with E-state index >= 15 is 0 Å². The zero-order valence-corrected chi connectivity index (χ0v) is 8.60. The Morgan fingerprint density at radius 2 is 2.43 bits per heavy atom. The van der Waals surface area contributed by atoms with Crippen molar-refractivity contribution in [2.45, 2.75) is 39.2 Å². The minimum Gasteiger partial charge on any atom is -0.481 e. The fourth-order valence-electron chi connectivity index (χ4n) is 1.37. The van der Waals surface area contributed by atoms with Gasteiger partial charge in [-0.05, 0) is 17.9 Å². The number of rotatable bonds is 5. The van der Waals surface area contributed by atoms with Crippen LogP contribution in [0, 0.1) is 0 Å². The number of aliphatic carboxylic acids is 1. The van der Waals surface area contributed by atoms with Crippen LogP contribution < -0.4 is 0 Å². The van der Waals surface area contributed by atoms with E-state index < -0.39 is 5.97 Å². The van der Waals surface area contributed by atoms with Crippen LogP contribution in [0.15, 0.2) is 12.4 Å². The van der Waals surface area contributed by atoms with Crippen molar-refractivity contribution in [1.29, 1.82) is 0 Å². The molecule has 0 aliphatic heterocycles. The number of hydrogen-bond acceptors (Lipinski definition) is 2. The number of carboxylic acid groups (broad SMARTS) is 1. The van der Waals surface area contributed by atoms with Crippen molar-refractivity contribution in [3.8, 4) is 0 Å². The summed E-state index contributed by atoms with van der Waals surface area (Å²) < 4.78 is 1.85. The molecule has 0 spiro atoms. The molecule has 78 valence electrons. The maximum atomic E-state index is 10.5. The fraction of sp³-hybridized carbons (Fsp3) is 0.600. The summed E-state index contributed by atoms with van der Waals surface area (Å²) >= 11 is 0. The first-order valence-electron chi connectivity index (χ1n) is 4.87. The highest BCUT2D eigenvalue weighted by Gasteiger charge is 2.11. The summed E-state index contributed by atoms with van der Waals surface area (Å²) in [6, 6.07) is 0. The van der Waals surface area contributed by atoms with E-state index in [9.17, 15) is 4.79 Å². The second-order valence-electron chi connectivity index (χ2n) is 3.54. The Morgan fingerprint density at radius 3 is 3.00 bits per heavy atom. The number of aryl methyl sites for hydroxylation is 1. The molecule has 0 fully saturated rings. The Balaban J connectivity index is 2.61. The van der Waals surface area contributed by atoms with Gasteiger partial charge in [0.25, 0.3) is 0 Å². The van der Waals surface area contributed by atoms with Gasteiger partial charge >= 0.3 is 5.97 Å². The second-order valence-corrected chi connectivity index (χ2v) is 3.54. The van der Waals surface area contributed by atoms with Crippen molar-refractivity contribution in [3.63, 3.8) is 0 Å². The molecule has 1 heterocycles. The van der Waals surface area contributed by atoms with Gasteiger partial charge in [-0.3, -0.25) is 9.48 Å². The van der Waals surface area contributed by atoms with Crippen LogP contribution in [0.1, 0.15) is 38.2 Å². The van der Waals surface area contributed by atoms with Crippen LogP contribution in [0.2, 0.25) is 0 Å². The van der Waals surface area contributed by atoms with Crippen LogP contribution in [0.5, 0.6) is 0 Å². The third-order valence-corrected chi connectivity index (χ3v) is 2.16. The van der Waals surface area contributed by atoms with Crippen LogP contribution in [0.3, 0.4) is 0 Å². The monoisotopic (exact) mass is 196 g/mol. The predicted molar refractivity (Wildman–Crippen MR) is 53.2 cm³/mol. The number of carbonyl (C=O) groups is 1. The maximum Gasteiger partial charge on any atom is 0.303 e. The molecule has 1 rings (SSSR count). The maximum absolute atomic E-state index is 10.5. The van der Waals surface area contributed by atoms with E-state index in [4.69, 9.17) is 5.11 Å². The summed E-state index contributed by atoms with van der Waals surface area (Å²) in [6.45, 7) is 4.88. The summed E-state index contributed by atoms with van der Waals surface area (Å²) in [5.74, 6) is -0.723. The molecule has 0 radical (unpaired) electrons. The van der Waals surface area contributed by atoms with E-state index in [2.05, 4.69) is 12.0 Å². The first-order chi connectivity index (χ1) is 6.63. The normalized spacial score (nSPS) is 12.7. The van der Waals surface area contributed by atoms with Gasteiger partial charge in [-0.2, -0.15) is 5.10 Å². The zero-order valence-electron chi connectivity index (χ0n) is 8.60. The molecule has 0 aromatic carbocycles. The van der Waals surface area contributed by atoms with Crippen LogP contribution in [-0.2, 0) is 11.3 Å². The van der Waals surface area contributed by atoms with Gasteiger partial charge in [-0.25, -0.2) is 0 Å². The lowest BCUT2D eigenvalue weighted by Crippen LogP contribution is -2.02. The number of nitrogens with zero attached hydrogens (tertiary/aromatic N) is 2. The minimum atomic E-state index is -0.763. The molecular weight excluding hydrogens is 180 g/mol. The van der Waals surface area contributed by atoms with Crippen molar-refractivity contribution in [2.24, 2.45) is 0 Å². The lowest BCUT2D eigenvalue weighted by molar-refractivity contribution is -0.137. The predicted octanol–water partition coefficient (Wildman–Crippen LogP) is 1.87. The molecule has 1 aromatic heterocycles. The Labute approximate surface area is 83.5 Å². The standard InChI is InChI=1S/C10H16N2O2/c1-3-4-12-7-9(6-11-12)8(2)5-10(13)14/h6-8H,3-5H2,1-2H3,(H,13,14). The number of hydrogen-bond donors (Lipinski definition) is 1. The second kappa shape index (κ2) is 4.79. The van der Waals surface area contributed by atoms with E-state index in [1.165, 1.54) is 0 Å². The molecule has 1 N–H and O–H groups in total. The lowest BCUT2D eigenvalue weighted by atomic mass is 10.0. The summed E-state index contributed by atoms with van der Waals surface area (Å²) in [5.41, 5.74) is 1.00. The van der Waals surface area contributed by atoms with Crippen LogP contribution >= 0.6 is 0 Å². The molecule has 1 atom stereocenters. The SMILES string of the molecule is CCCn1cc(C(C)CC(=O)O)cn1. The Kier molecular flexibility index (Phi) is 3.68. The molecule has 14 heavy (non-hydrogen) atoms. The zero-order chi connectivity index (χ0) is 10.6. The van der Waals surface area contributed by atoms with Crippen molar-refractivity contribution in [2.75, 3.05) is 0 Å². The average molecular weight is 196 g/mol. The minimum absolute atomic E-state index is 0.0399. The van der Waals surface area contributed by atoms with E-state index in [0.29, 0.717) is 0 Å². The van der Waals surface area contributed by atoms with Gasteiger partial charge in [0, 0.05) is 12.7 Å². The summed E-state index contributed by atoms with van der Waals surface area (Å²) in [6.07, 6.45) is 4.88. The van der Waals surface area contributed by atoms with Gasteiger partial charge in [0.2, 0.25) is 0 Å². The molecule has 0 bridgehead atoms. The first-order valence-corrected chi connectivity index (χ1v) is 4.87. The highest BCUT2D eigenvalue weighted by atomic mass is 16.4. The number of carboxylic acids is 1. The highest BCUT2D eigenvalue weighted by molar-refractivity contribution is 5.67. The van der Waals surface area contributed by atoms with Gasteiger partial charge in [0.05, 0.1) is 12.6 Å². The molecule has 0 saturated carbocycles. The van der Waals surface area contributed by atoms with Crippen molar-refractivity contribution >= 4 is 5.97 Å². The molecule has 0 saturated heterocycles. The van der Waals surface area contributed by atoms with Crippen LogP contribution in [0.4, 0.5) is 0 Å². The Morgan fingerprint density at radius 1 is 1.71 bits per heavy atom. The summed E-state index contributed by atoms with van der Waals surface area (Å²) in [4.78, 5) is 10.5. The van der Waals surface area contributed by atoms with Crippen molar-refractivity contribution in [1.82, 2.24) is 9.78 Å². The Hall–Kier alpha value is -1.32. The molecular formula is C10H16N2O2. The van der Waals surface area contributed by atoms with Gasteiger partial charge < -0.3 is 5.11 Å². The van der Waals surface area contributed by atoms with Crippen LogP contribution in [-0.4, -0.2) is 20.9 Å². The van der Waals surface area contributed by atoms with Crippen LogP contribution in [0.25, 0.3) is 0 Å². The molecule has 0 aliphatic carbocycles. The first kappa shape index (κ1) is 10.8. The molecule has 0 aliphatic rings. The van der Waals surface area contributed by atoms with E-state index in [-0.39, 0.29) is 12.3 Å². The lowest BCUT2D eigenvalue weighted by Gasteiger charge is -2.04. The summed E-state index contributed by atoms with van der Waals surface area (Å²) in [5, 5.41) is 12.8. The molecule has 0 amide bonds.